The number of hydrogen-bond donors (Lipinski definition) is 3. The summed E-state index contributed by atoms with van der Waals surface area (Å²) in [5.74, 6) is -1.93. The maximum Gasteiger partial charge on any atom is 0.408 e. The van der Waals surface area contributed by atoms with Crippen molar-refractivity contribution in [2.24, 2.45) is 17.4 Å². The van der Waals surface area contributed by atoms with Crippen LogP contribution in [0.5, 0.6) is 0 Å². The molecule has 0 fully saturated rings. The molecule has 200 valence electrons. The number of amides is 1. The number of ketones is 1. The van der Waals surface area contributed by atoms with Crippen molar-refractivity contribution in [3.8, 4) is 0 Å². The molecular weight excluding hydrogens is 434 g/mol. The molecule has 0 saturated heterocycles. The number of ether oxygens (including phenoxy) is 2. The van der Waals surface area contributed by atoms with E-state index >= 15 is 0 Å². The Balaban J connectivity index is 5.30. The third-order valence-electron chi connectivity index (χ3n) is 5.81. The van der Waals surface area contributed by atoms with Crippen LogP contribution in [0.2, 0.25) is 0 Å². The van der Waals surface area contributed by atoms with Gasteiger partial charge in [0.15, 0.2) is 5.78 Å². The summed E-state index contributed by atoms with van der Waals surface area (Å²) < 4.78 is 10.9. The minimum Gasteiger partial charge on any atom is -0.464 e. The van der Waals surface area contributed by atoms with Crippen molar-refractivity contribution in [1.82, 2.24) is 5.32 Å². The van der Waals surface area contributed by atoms with E-state index < -0.39 is 40.9 Å². The molecule has 0 aromatic heterocycles. The first-order valence-corrected chi connectivity index (χ1v) is 13.1. The average molecular weight is 486 g/mol. The van der Waals surface area contributed by atoms with Gasteiger partial charge in [0.2, 0.25) is 5.54 Å². The molecule has 0 rings (SSSR count). The SMILES string of the molecule is CCCCCCCCCCOC(=O)[C@](NC(=O)OC(C)(C)C)(C(=O)[C@@H](N)CCCCN)C(C)C. The predicted molar refractivity (Wildman–Crippen MR) is 136 cm³/mol. The van der Waals surface area contributed by atoms with Gasteiger partial charge in [-0.05, 0) is 52.5 Å². The van der Waals surface area contributed by atoms with Crippen molar-refractivity contribution in [2.75, 3.05) is 13.2 Å². The van der Waals surface area contributed by atoms with Crippen molar-refractivity contribution >= 4 is 17.8 Å². The van der Waals surface area contributed by atoms with E-state index in [9.17, 15) is 14.4 Å². The molecule has 5 N–H and O–H groups in total. The minimum absolute atomic E-state index is 0.188. The molecule has 8 nitrogen and oxygen atoms in total. The largest absolute Gasteiger partial charge is 0.464 e. The number of alkyl carbamates (subject to hydrolysis) is 1. The Morgan fingerprint density at radius 1 is 0.882 bits per heavy atom. The van der Waals surface area contributed by atoms with Crippen LogP contribution >= 0.6 is 0 Å². The molecule has 8 heteroatoms. The van der Waals surface area contributed by atoms with Crippen LogP contribution in [-0.4, -0.2) is 48.2 Å². The van der Waals surface area contributed by atoms with Gasteiger partial charge in [0.25, 0.3) is 0 Å². The maximum absolute atomic E-state index is 13.5. The highest BCUT2D eigenvalue weighted by molar-refractivity contribution is 6.12. The van der Waals surface area contributed by atoms with Crippen LogP contribution in [0, 0.1) is 5.92 Å². The molecule has 0 spiro atoms. The van der Waals surface area contributed by atoms with Gasteiger partial charge in [-0.25, -0.2) is 9.59 Å². The van der Waals surface area contributed by atoms with Gasteiger partial charge in [0, 0.05) is 0 Å². The van der Waals surface area contributed by atoms with E-state index in [0.29, 0.717) is 25.8 Å². The van der Waals surface area contributed by atoms with E-state index in [1.807, 2.05) is 0 Å². The monoisotopic (exact) mass is 485 g/mol. The van der Waals surface area contributed by atoms with Crippen LogP contribution < -0.4 is 16.8 Å². The van der Waals surface area contributed by atoms with Crippen molar-refractivity contribution in [3.05, 3.63) is 0 Å². The van der Waals surface area contributed by atoms with E-state index in [2.05, 4.69) is 12.2 Å². The third-order valence-corrected chi connectivity index (χ3v) is 5.81. The van der Waals surface area contributed by atoms with E-state index in [4.69, 9.17) is 20.9 Å². The van der Waals surface area contributed by atoms with Gasteiger partial charge >= 0.3 is 12.1 Å². The number of hydrogen-bond acceptors (Lipinski definition) is 7. The van der Waals surface area contributed by atoms with Crippen LogP contribution in [0.1, 0.15) is 112 Å². The molecule has 0 heterocycles. The second kappa shape index (κ2) is 16.9. The maximum atomic E-state index is 13.5. The van der Waals surface area contributed by atoms with E-state index in [-0.39, 0.29) is 6.61 Å². The Kier molecular flexibility index (Phi) is 16.0. The molecule has 0 bridgehead atoms. The minimum atomic E-state index is -1.91. The summed E-state index contributed by atoms with van der Waals surface area (Å²) >= 11 is 0. The smallest absolute Gasteiger partial charge is 0.408 e. The fourth-order valence-electron chi connectivity index (χ4n) is 3.79. The van der Waals surface area contributed by atoms with Gasteiger partial charge in [-0.1, -0.05) is 72.1 Å². The second-order valence-electron chi connectivity index (χ2n) is 10.5. The highest BCUT2D eigenvalue weighted by Crippen LogP contribution is 2.25. The Bertz CT molecular complexity index is 604. The molecular formula is C26H51N3O5. The number of Topliss-reactive ketones (excluding diaryl/α,β-unsaturated/α-hetero) is 1. The Hall–Kier alpha value is -1.67. The second-order valence-corrected chi connectivity index (χ2v) is 10.5. The number of carbonyl (C=O) groups is 3. The molecule has 0 aliphatic rings. The molecule has 0 aromatic rings. The highest BCUT2D eigenvalue weighted by Gasteiger charge is 2.53. The summed E-state index contributed by atoms with van der Waals surface area (Å²) in [6, 6.07) is -0.931. The van der Waals surface area contributed by atoms with Gasteiger partial charge in [-0.2, -0.15) is 0 Å². The molecule has 0 aliphatic heterocycles. The summed E-state index contributed by atoms with van der Waals surface area (Å²) in [7, 11) is 0. The molecule has 0 aromatic carbocycles. The molecule has 0 aliphatic carbocycles. The van der Waals surface area contributed by atoms with Gasteiger partial charge in [0.1, 0.15) is 5.60 Å². The standard InChI is InChI=1S/C26H51N3O5/c1-7-8-9-10-11-12-13-16-19-33-23(31)26(20(2)3,29-24(32)34-25(4,5)6)22(30)21(28)17-14-15-18-27/h20-21H,7-19,27-28H2,1-6H3,(H,29,32)/t21-,26+/m0/s1. The van der Waals surface area contributed by atoms with Crippen molar-refractivity contribution in [3.63, 3.8) is 0 Å². The van der Waals surface area contributed by atoms with Gasteiger partial charge in [-0.3, -0.25) is 10.1 Å². The van der Waals surface area contributed by atoms with Gasteiger partial charge in [-0.15, -0.1) is 0 Å². The zero-order chi connectivity index (χ0) is 26.2. The van der Waals surface area contributed by atoms with Crippen molar-refractivity contribution < 1.29 is 23.9 Å². The topological polar surface area (TPSA) is 134 Å². The van der Waals surface area contributed by atoms with Crippen molar-refractivity contribution in [2.45, 2.75) is 129 Å². The molecule has 0 saturated carbocycles. The van der Waals surface area contributed by atoms with E-state index in [1.165, 1.54) is 32.1 Å². The fraction of sp³-hybridized carbons (Fsp3) is 0.885. The average Bonchev–Trinajstić information content (AvgIpc) is 2.74. The molecule has 1 amide bonds. The summed E-state index contributed by atoms with van der Waals surface area (Å²) in [6.07, 6.45) is 9.75. The lowest BCUT2D eigenvalue weighted by Gasteiger charge is -2.36. The normalized spacial score (nSPS) is 14.4. The number of nitrogens with two attached hydrogens (primary N) is 2. The van der Waals surface area contributed by atoms with Gasteiger partial charge < -0.3 is 20.9 Å². The number of unbranched alkanes of at least 4 members (excludes halogenated alkanes) is 8. The lowest BCUT2D eigenvalue weighted by Crippen LogP contribution is -2.68. The zero-order valence-electron chi connectivity index (χ0n) is 22.5. The zero-order valence-corrected chi connectivity index (χ0v) is 22.5. The molecule has 0 radical (unpaired) electrons. The summed E-state index contributed by atoms with van der Waals surface area (Å²) in [5, 5.41) is 2.55. The lowest BCUT2D eigenvalue weighted by molar-refractivity contribution is -0.159. The van der Waals surface area contributed by atoms with E-state index in [1.54, 1.807) is 34.6 Å². The van der Waals surface area contributed by atoms with E-state index in [0.717, 1.165) is 19.3 Å². The first kappa shape index (κ1) is 32.3. The Morgan fingerprint density at radius 3 is 1.94 bits per heavy atom. The molecule has 0 unspecified atom stereocenters. The quantitative estimate of drug-likeness (QED) is 0.146. The van der Waals surface area contributed by atoms with Crippen molar-refractivity contribution in [1.29, 1.82) is 0 Å². The van der Waals surface area contributed by atoms with Crippen LogP contribution in [0.4, 0.5) is 4.79 Å². The summed E-state index contributed by atoms with van der Waals surface area (Å²) in [6.45, 7) is 11.4. The number of esters is 1. The van der Waals surface area contributed by atoms with Gasteiger partial charge in [0.05, 0.1) is 12.6 Å². The Labute approximate surface area is 207 Å². The first-order chi connectivity index (χ1) is 15.9. The predicted octanol–water partition coefficient (Wildman–Crippen LogP) is 4.62. The fourth-order valence-corrected chi connectivity index (χ4v) is 3.79. The Morgan fingerprint density at radius 2 is 1.44 bits per heavy atom. The highest BCUT2D eigenvalue weighted by atomic mass is 16.6. The summed E-state index contributed by atoms with van der Waals surface area (Å²) in [5.41, 5.74) is 9.02. The summed E-state index contributed by atoms with van der Waals surface area (Å²) in [4.78, 5) is 39.4. The van der Waals surface area contributed by atoms with Crippen LogP contribution in [0.15, 0.2) is 0 Å². The third kappa shape index (κ3) is 12.2. The first-order valence-electron chi connectivity index (χ1n) is 13.1. The van der Waals surface area contributed by atoms with Crippen LogP contribution in [-0.2, 0) is 19.1 Å². The lowest BCUT2D eigenvalue weighted by atomic mass is 9.78. The van der Waals surface area contributed by atoms with Crippen LogP contribution in [0.25, 0.3) is 0 Å². The van der Waals surface area contributed by atoms with Crippen LogP contribution in [0.3, 0.4) is 0 Å². The number of nitrogens with one attached hydrogen (secondary N) is 1. The number of rotatable bonds is 18. The molecule has 34 heavy (non-hydrogen) atoms. The molecule has 2 atom stereocenters. The number of carbonyl (C=O) groups excluding carboxylic acids is 3.